The van der Waals surface area contributed by atoms with Crippen LogP contribution in [-0.4, -0.2) is 21.7 Å². The summed E-state index contributed by atoms with van der Waals surface area (Å²) < 4.78 is 5.65. The van der Waals surface area contributed by atoms with Crippen LogP contribution in [0.5, 0.6) is 11.6 Å². The molecule has 0 amide bonds. The lowest BCUT2D eigenvalue weighted by atomic mass is 10.1. The van der Waals surface area contributed by atoms with Crippen LogP contribution in [0, 0.1) is 0 Å². The summed E-state index contributed by atoms with van der Waals surface area (Å²) >= 11 is 0. The van der Waals surface area contributed by atoms with E-state index in [4.69, 9.17) is 15.7 Å². The summed E-state index contributed by atoms with van der Waals surface area (Å²) in [5.74, 6) is 6.79. The molecule has 1 aromatic carbocycles. The minimum Gasteiger partial charge on any atom is -0.439 e. The monoisotopic (exact) mass is 246 g/mol. The molecule has 1 heterocycles. The van der Waals surface area contributed by atoms with E-state index in [1.54, 1.807) is 6.07 Å². The van der Waals surface area contributed by atoms with Gasteiger partial charge in [0.15, 0.2) is 0 Å². The molecule has 0 saturated heterocycles. The summed E-state index contributed by atoms with van der Waals surface area (Å²) in [6.07, 6.45) is 1.89. The fourth-order valence-corrected chi connectivity index (χ4v) is 1.52. The van der Waals surface area contributed by atoms with Gasteiger partial charge < -0.3 is 15.3 Å². The third-order valence-electron chi connectivity index (χ3n) is 2.36. The highest BCUT2D eigenvalue weighted by atomic mass is 16.5. The number of hydrogen-bond acceptors (Lipinski definition) is 6. The van der Waals surface area contributed by atoms with Gasteiger partial charge in [0.1, 0.15) is 17.9 Å². The molecular formula is C12H14N4O2. The Hall–Kier alpha value is -2.18. The minimum atomic E-state index is 0.0692. The Morgan fingerprint density at radius 2 is 2.11 bits per heavy atom. The first-order valence-corrected chi connectivity index (χ1v) is 5.49. The molecule has 0 aliphatic rings. The SMILES string of the molecule is NNc1cc(Oc2ccccc2CCO)ncn1. The number of hydrogen-bond donors (Lipinski definition) is 3. The molecule has 0 unspecified atom stereocenters. The standard InChI is InChI=1S/C12H14N4O2/c13-16-11-7-12(15-8-14-11)18-10-4-2-1-3-9(10)5-6-17/h1-4,7-8,17H,5-6,13H2,(H,14,15,16). The van der Waals surface area contributed by atoms with E-state index in [0.29, 0.717) is 23.9 Å². The normalized spacial score (nSPS) is 10.1. The van der Waals surface area contributed by atoms with Crippen LogP contribution in [0.25, 0.3) is 0 Å². The highest BCUT2D eigenvalue weighted by Crippen LogP contribution is 2.24. The number of hydrazine groups is 1. The van der Waals surface area contributed by atoms with E-state index < -0.39 is 0 Å². The number of aliphatic hydroxyl groups excluding tert-OH is 1. The summed E-state index contributed by atoms with van der Waals surface area (Å²) in [5, 5.41) is 8.98. The number of para-hydroxylation sites is 1. The second-order valence-electron chi connectivity index (χ2n) is 3.57. The lowest BCUT2D eigenvalue weighted by molar-refractivity contribution is 0.297. The van der Waals surface area contributed by atoms with Crippen LogP contribution < -0.4 is 16.0 Å². The highest BCUT2D eigenvalue weighted by molar-refractivity contribution is 5.40. The Bertz CT molecular complexity index is 519. The van der Waals surface area contributed by atoms with E-state index in [1.807, 2.05) is 24.3 Å². The number of aliphatic hydroxyl groups is 1. The number of rotatable bonds is 5. The Balaban J connectivity index is 2.22. The van der Waals surface area contributed by atoms with Gasteiger partial charge in [0.2, 0.25) is 5.88 Å². The Labute approximate surface area is 104 Å². The van der Waals surface area contributed by atoms with Gasteiger partial charge in [0, 0.05) is 12.7 Å². The van der Waals surface area contributed by atoms with Crippen molar-refractivity contribution in [1.29, 1.82) is 0 Å². The molecule has 0 saturated carbocycles. The lowest BCUT2D eigenvalue weighted by Crippen LogP contribution is -2.08. The van der Waals surface area contributed by atoms with E-state index in [-0.39, 0.29) is 6.61 Å². The van der Waals surface area contributed by atoms with Gasteiger partial charge in [-0.2, -0.15) is 0 Å². The van der Waals surface area contributed by atoms with Gasteiger partial charge >= 0.3 is 0 Å². The summed E-state index contributed by atoms with van der Waals surface area (Å²) in [7, 11) is 0. The zero-order valence-electron chi connectivity index (χ0n) is 9.71. The number of anilines is 1. The zero-order valence-corrected chi connectivity index (χ0v) is 9.71. The maximum Gasteiger partial charge on any atom is 0.224 e. The van der Waals surface area contributed by atoms with Crippen molar-refractivity contribution < 1.29 is 9.84 Å². The van der Waals surface area contributed by atoms with Gasteiger partial charge in [-0.25, -0.2) is 15.8 Å². The largest absolute Gasteiger partial charge is 0.439 e. The van der Waals surface area contributed by atoms with Gasteiger partial charge in [0.05, 0.1) is 0 Å². The van der Waals surface area contributed by atoms with E-state index in [2.05, 4.69) is 15.4 Å². The van der Waals surface area contributed by atoms with Gasteiger partial charge in [0.25, 0.3) is 0 Å². The summed E-state index contributed by atoms with van der Waals surface area (Å²) in [6.45, 7) is 0.0692. The second-order valence-corrected chi connectivity index (χ2v) is 3.57. The molecule has 0 aliphatic carbocycles. The summed E-state index contributed by atoms with van der Waals surface area (Å²) in [4.78, 5) is 7.88. The number of nitrogens with zero attached hydrogens (tertiary/aromatic N) is 2. The van der Waals surface area contributed by atoms with Gasteiger partial charge in [-0.15, -0.1) is 0 Å². The average Bonchev–Trinajstić information content (AvgIpc) is 2.41. The van der Waals surface area contributed by atoms with E-state index >= 15 is 0 Å². The first-order valence-electron chi connectivity index (χ1n) is 5.49. The van der Waals surface area contributed by atoms with Gasteiger partial charge in [-0.05, 0) is 18.1 Å². The topological polar surface area (TPSA) is 93.3 Å². The molecule has 0 spiro atoms. The van der Waals surface area contributed by atoms with Crippen molar-refractivity contribution >= 4 is 5.82 Å². The molecule has 0 bridgehead atoms. The molecule has 2 aromatic rings. The van der Waals surface area contributed by atoms with Crippen LogP contribution in [0.4, 0.5) is 5.82 Å². The number of nitrogens with two attached hydrogens (primary N) is 1. The quantitative estimate of drug-likeness (QED) is 0.540. The fraction of sp³-hybridized carbons (Fsp3) is 0.167. The number of nitrogens with one attached hydrogen (secondary N) is 1. The van der Waals surface area contributed by atoms with Crippen molar-refractivity contribution in [3.63, 3.8) is 0 Å². The first-order chi connectivity index (χ1) is 8.83. The smallest absolute Gasteiger partial charge is 0.224 e. The Kier molecular flexibility index (Phi) is 4.06. The van der Waals surface area contributed by atoms with Crippen LogP contribution in [0.15, 0.2) is 36.7 Å². The molecule has 6 heteroatoms. The van der Waals surface area contributed by atoms with Crippen molar-refractivity contribution in [1.82, 2.24) is 9.97 Å². The van der Waals surface area contributed by atoms with Crippen molar-refractivity contribution in [3.8, 4) is 11.6 Å². The molecular weight excluding hydrogens is 232 g/mol. The second kappa shape index (κ2) is 5.95. The Morgan fingerprint density at radius 3 is 2.89 bits per heavy atom. The predicted octanol–water partition coefficient (Wildman–Crippen LogP) is 1.09. The van der Waals surface area contributed by atoms with Crippen molar-refractivity contribution in [2.45, 2.75) is 6.42 Å². The minimum absolute atomic E-state index is 0.0692. The molecule has 0 aliphatic heterocycles. The van der Waals surface area contributed by atoms with E-state index in [9.17, 15) is 0 Å². The van der Waals surface area contributed by atoms with E-state index in [1.165, 1.54) is 6.33 Å². The van der Waals surface area contributed by atoms with Gasteiger partial charge in [-0.3, -0.25) is 0 Å². The van der Waals surface area contributed by atoms with Crippen molar-refractivity contribution in [2.75, 3.05) is 12.0 Å². The van der Waals surface area contributed by atoms with Crippen LogP contribution in [0.2, 0.25) is 0 Å². The van der Waals surface area contributed by atoms with Crippen LogP contribution in [0.1, 0.15) is 5.56 Å². The van der Waals surface area contributed by atoms with Crippen LogP contribution in [-0.2, 0) is 6.42 Å². The zero-order chi connectivity index (χ0) is 12.8. The molecule has 6 nitrogen and oxygen atoms in total. The van der Waals surface area contributed by atoms with Crippen LogP contribution >= 0.6 is 0 Å². The summed E-state index contributed by atoms with van der Waals surface area (Å²) in [6, 6.07) is 9.07. The average molecular weight is 246 g/mol. The maximum atomic E-state index is 8.98. The highest BCUT2D eigenvalue weighted by Gasteiger charge is 2.05. The van der Waals surface area contributed by atoms with Crippen molar-refractivity contribution in [2.24, 2.45) is 5.84 Å². The Morgan fingerprint density at radius 1 is 1.28 bits per heavy atom. The molecule has 0 radical (unpaired) electrons. The molecule has 0 atom stereocenters. The number of nitrogen functional groups attached to an aromatic ring is 1. The first kappa shape index (κ1) is 12.3. The molecule has 94 valence electrons. The third kappa shape index (κ3) is 2.93. The van der Waals surface area contributed by atoms with Crippen LogP contribution in [0.3, 0.4) is 0 Å². The number of aromatic nitrogens is 2. The number of benzene rings is 1. The van der Waals surface area contributed by atoms with Crippen molar-refractivity contribution in [3.05, 3.63) is 42.2 Å². The molecule has 18 heavy (non-hydrogen) atoms. The predicted molar refractivity (Wildman–Crippen MR) is 67.1 cm³/mol. The molecule has 4 N–H and O–H groups in total. The molecule has 0 fully saturated rings. The van der Waals surface area contributed by atoms with E-state index in [0.717, 1.165) is 5.56 Å². The maximum absolute atomic E-state index is 8.98. The lowest BCUT2D eigenvalue weighted by Gasteiger charge is -2.09. The number of ether oxygens (including phenoxy) is 1. The fourth-order valence-electron chi connectivity index (χ4n) is 1.52. The summed E-state index contributed by atoms with van der Waals surface area (Å²) in [5.41, 5.74) is 3.34. The third-order valence-corrected chi connectivity index (χ3v) is 2.36. The molecule has 1 aromatic heterocycles. The molecule has 2 rings (SSSR count). The van der Waals surface area contributed by atoms with Gasteiger partial charge in [-0.1, -0.05) is 18.2 Å².